The Balaban J connectivity index is 1.52. The monoisotopic (exact) mass is 396 g/mol. The molecule has 0 saturated carbocycles. The first-order chi connectivity index (χ1) is 14.0. The summed E-state index contributed by atoms with van der Waals surface area (Å²) in [6.45, 7) is 2.67. The second-order valence-corrected chi connectivity index (χ2v) is 8.28. The Bertz CT molecular complexity index is 882. The molecule has 1 spiro atoms. The van der Waals surface area contributed by atoms with Crippen molar-refractivity contribution in [3.8, 4) is 5.75 Å². The van der Waals surface area contributed by atoms with Gasteiger partial charge in [0.05, 0.1) is 12.4 Å². The minimum absolute atomic E-state index is 0.00451. The van der Waals surface area contributed by atoms with Gasteiger partial charge in [-0.3, -0.25) is 9.59 Å². The third-order valence-corrected chi connectivity index (χ3v) is 6.17. The summed E-state index contributed by atoms with van der Waals surface area (Å²) < 4.78 is 8.38. The molecule has 0 radical (unpaired) electrons. The Labute approximate surface area is 171 Å². The molecule has 1 fully saturated rings. The highest BCUT2D eigenvalue weighted by Crippen LogP contribution is 2.44. The van der Waals surface area contributed by atoms with Gasteiger partial charge in [0.1, 0.15) is 11.4 Å². The van der Waals surface area contributed by atoms with Gasteiger partial charge in [-0.2, -0.15) is 0 Å². The average molecular weight is 396 g/mol. The Kier molecular flexibility index (Phi) is 5.30. The van der Waals surface area contributed by atoms with Gasteiger partial charge in [0, 0.05) is 63.3 Å². The summed E-state index contributed by atoms with van der Waals surface area (Å²) in [5.74, 6) is 0.965. The van der Waals surface area contributed by atoms with Crippen LogP contribution in [0.2, 0.25) is 0 Å². The van der Waals surface area contributed by atoms with Crippen molar-refractivity contribution in [3.05, 3.63) is 48.5 Å². The molecule has 2 aliphatic heterocycles. The van der Waals surface area contributed by atoms with Gasteiger partial charge in [0.15, 0.2) is 0 Å². The molecule has 29 heavy (non-hydrogen) atoms. The van der Waals surface area contributed by atoms with Crippen molar-refractivity contribution in [2.24, 2.45) is 0 Å². The maximum Gasteiger partial charge on any atom is 0.222 e. The molecule has 7 heteroatoms. The first-order valence-electron chi connectivity index (χ1n) is 10.2. The SMILES string of the molecule is C[C@H](CC(=O)N[C@H]1C[C@]2(CCC(=O)N(C)CC2)Oc2ccccc21)n1ccnc1. The smallest absolute Gasteiger partial charge is 0.222 e. The molecule has 1 N–H and O–H groups in total. The number of amides is 2. The van der Waals surface area contributed by atoms with Gasteiger partial charge >= 0.3 is 0 Å². The molecule has 7 nitrogen and oxygen atoms in total. The van der Waals surface area contributed by atoms with Crippen molar-refractivity contribution < 1.29 is 14.3 Å². The predicted molar refractivity (Wildman–Crippen MR) is 108 cm³/mol. The number of hydrogen-bond donors (Lipinski definition) is 1. The molecule has 1 aromatic heterocycles. The van der Waals surface area contributed by atoms with E-state index in [1.807, 2.05) is 49.0 Å². The van der Waals surface area contributed by atoms with E-state index >= 15 is 0 Å². The van der Waals surface area contributed by atoms with E-state index in [2.05, 4.69) is 10.3 Å². The molecule has 2 aromatic rings. The van der Waals surface area contributed by atoms with Crippen molar-refractivity contribution in [2.45, 2.75) is 56.7 Å². The van der Waals surface area contributed by atoms with Crippen molar-refractivity contribution >= 4 is 11.8 Å². The van der Waals surface area contributed by atoms with Gasteiger partial charge in [-0.1, -0.05) is 18.2 Å². The van der Waals surface area contributed by atoms with Crippen LogP contribution in [0.15, 0.2) is 43.0 Å². The summed E-state index contributed by atoms with van der Waals surface area (Å²) in [5.41, 5.74) is 0.577. The van der Waals surface area contributed by atoms with Crippen LogP contribution in [0.5, 0.6) is 5.75 Å². The molecule has 154 valence electrons. The lowest BCUT2D eigenvalue weighted by Gasteiger charge is -2.42. The highest BCUT2D eigenvalue weighted by molar-refractivity contribution is 5.77. The second kappa shape index (κ2) is 7.89. The van der Waals surface area contributed by atoms with E-state index in [0.29, 0.717) is 32.2 Å². The highest BCUT2D eigenvalue weighted by atomic mass is 16.5. The summed E-state index contributed by atoms with van der Waals surface area (Å²) in [7, 11) is 1.84. The van der Waals surface area contributed by atoms with Crippen LogP contribution in [0, 0.1) is 0 Å². The first-order valence-corrected chi connectivity index (χ1v) is 10.2. The number of fused-ring (bicyclic) bond motifs is 1. The fraction of sp³-hybridized carbons (Fsp3) is 0.500. The molecule has 4 rings (SSSR count). The number of likely N-dealkylation sites (tertiary alicyclic amines) is 1. The topological polar surface area (TPSA) is 76.5 Å². The Morgan fingerprint density at radius 2 is 2.21 bits per heavy atom. The van der Waals surface area contributed by atoms with Gasteiger partial charge in [0.2, 0.25) is 11.8 Å². The number of carbonyl (C=O) groups excluding carboxylic acids is 2. The normalized spacial score (nSPS) is 25.1. The van der Waals surface area contributed by atoms with E-state index in [1.165, 1.54) is 0 Å². The molecule has 1 saturated heterocycles. The summed E-state index contributed by atoms with van der Waals surface area (Å²) in [4.78, 5) is 30.8. The lowest BCUT2D eigenvalue weighted by atomic mass is 9.82. The Morgan fingerprint density at radius 1 is 1.38 bits per heavy atom. The van der Waals surface area contributed by atoms with E-state index in [1.54, 1.807) is 17.4 Å². The summed E-state index contributed by atoms with van der Waals surface area (Å²) in [6, 6.07) is 7.80. The summed E-state index contributed by atoms with van der Waals surface area (Å²) in [6.07, 6.45) is 8.28. The van der Waals surface area contributed by atoms with E-state index < -0.39 is 5.60 Å². The van der Waals surface area contributed by atoms with Crippen LogP contribution in [-0.2, 0) is 9.59 Å². The number of rotatable bonds is 4. The Hall–Kier alpha value is -2.83. The van der Waals surface area contributed by atoms with Crippen LogP contribution >= 0.6 is 0 Å². The van der Waals surface area contributed by atoms with Crippen molar-refractivity contribution in [1.29, 1.82) is 0 Å². The van der Waals surface area contributed by atoms with Gasteiger partial charge in [-0.25, -0.2) is 4.98 Å². The quantitative estimate of drug-likeness (QED) is 0.862. The van der Waals surface area contributed by atoms with E-state index in [-0.39, 0.29) is 23.9 Å². The summed E-state index contributed by atoms with van der Waals surface area (Å²) in [5, 5.41) is 3.23. The standard InChI is InChI=1S/C22H28N4O3/c1-16(26-12-10-23-15-26)13-20(27)24-18-14-22(8-7-21(28)25(2)11-9-22)29-19-6-4-3-5-17(18)19/h3-6,10,12,15-16,18H,7-9,11,13-14H2,1-2H3,(H,24,27)/t16-,18+,22-/m1/s1. The van der Waals surface area contributed by atoms with Gasteiger partial charge < -0.3 is 19.5 Å². The van der Waals surface area contributed by atoms with Crippen LogP contribution < -0.4 is 10.1 Å². The fourth-order valence-electron chi connectivity index (χ4n) is 4.36. The zero-order valence-electron chi connectivity index (χ0n) is 17.0. The van der Waals surface area contributed by atoms with Crippen LogP contribution in [0.1, 0.15) is 56.7 Å². The zero-order chi connectivity index (χ0) is 20.4. The molecule has 3 atom stereocenters. The third-order valence-electron chi connectivity index (χ3n) is 6.17. The Morgan fingerprint density at radius 3 is 3.00 bits per heavy atom. The number of imidazole rings is 1. The number of nitrogens with one attached hydrogen (secondary N) is 1. The van der Waals surface area contributed by atoms with Crippen LogP contribution in [0.25, 0.3) is 0 Å². The second-order valence-electron chi connectivity index (χ2n) is 8.28. The third kappa shape index (κ3) is 4.13. The maximum absolute atomic E-state index is 12.8. The molecule has 0 unspecified atom stereocenters. The first kappa shape index (κ1) is 19.5. The largest absolute Gasteiger partial charge is 0.487 e. The molecule has 2 aliphatic rings. The van der Waals surface area contributed by atoms with Crippen LogP contribution in [0.3, 0.4) is 0 Å². The molecule has 0 bridgehead atoms. The van der Waals surface area contributed by atoms with Gasteiger partial charge in [-0.05, 0) is 19.4 Å². The van der Waals surface area contributed by atoms with Gasteiger partial charge in [0.25, 0.3) is 0 Å². The number of hydrogen-bond acceptors (Lipinski definition) is 4. The lowest BCUT2D eigenvalue weighted by Crippen LogP contribution is -2.46. The minimum atomic E-state index is -0.428. The molecule has 1 aromatic carbocycles. The number of ether oxygens (including phenoxy) is 1. The van der Waals surface area contributed by atoms with Crippen LogP contribution in [0.4, 0.5) is 0 Å². The van der Waals surface area contributed by atoms with Crippen molar-refractivity contribution in [2.75, 3.05) is 13.6 Å². The highest BCUT2D eigenvalue weighted by Gasteiger charge is 2.43. The molecular formula is C22H28N4O3. The van der Waals surface area contributed by atoms with Crippen molar-refractivity contribution in [3.63, 3.8) is 0 Å². The average Bonchev–Trinajstić information content (AvgIpc) is 3.21. The summed E-state index contributed by atoms with van der Waals surface area (Å²) >= 11 is 0. The molecular weight excluding hydrogens is 368 g/mol. The predicted octanol–water partition coefficient (Wildman–Crippen LogP) is 2.86. The number of para-hydroxylation sites is 1. The molecule has 2 amide bonds. The number of benzene rings is 1. The van der Waals surface area contributed by atoms with Gasteiger partial charge in [-0.15, -0.1) is 0 Å². The maximum atomic E-state index is 12.8. The number of nitrogens with zero attached hydrogens (tertiary/aromatic N) is 3. The number of carbonyl (C=O) groups is 2. The lowest BCUT2D eigenvalue weighted by molar-refractivity contribution is -0.129. The molecule has 0 aliphatic carbocycles. The van der Waals surface area contributed by atoms with E-state index in [9.17, 15) is 9.59 Å². The van der Waals surface area contributed by atoms with Crippen molar-refractivity contribution in [1.82, 2.24) is 19.8 Å². The molecule has 3 heterocycles. The number of aromatic nitrogens is 2. The van der Waals surface area contributed by atoms with E-state index in [0.717, 1.165) is 17.7 Å². The van der Waals surface area contributed by atoms with E-state index in [4.69, 9.17) is 4.74 Å². The van der Waals surface area contributed by atoms with Crippen LogP contribution in [-0.4, -0.2) is 45.5 Å². The minimum Gasteiger partial charge on any atom is -0.487 e. The fourth-order valence-corrected chi connectivity index (χ4v) is 4.36. The zero-order valence-corrected chi connectivity index (χ0v) is 17.0.